The zero-order valence-electron chi connectivity index (χ0n) is 11.5. The third-order valence-electron chi connectivity index (χ3n) is 3.07. The van der Waals surface area contributed by atoms with Crippen molar-refractivity contribution in [3.63, 3.8) is 0 Å². The van der Waals surface area contributed by atoms with Crippen molar-refractivity contribution >= 4 is 0 Å². The number of hydrogen-bond donors (Lipinski definition) is 1. The van der Waals surface area contributed by atoms with E-state index in [1.54, 1.807) is 0 Å². The Morgan fingerprint density at radius 2 is 1.76 bits per heavy atom. The van der Waals surface area contributed by atoms with Gasteiger partial charge in [-0.25, -0.2) is 0 Å². The molecule has 0 radical (unpaired) electrons. The van der Waals surface area contributed by atoms with Crippen molar-refractivity contribution in [1.29, 1.82) is 0 Å². The lowest BCUT2D eigenvalue weighted by Crippen LogP contribution is -2.50. The van der Waals surface area contributed by atoms with Crippen LogP contribution in [0.5, 0.6) is 0 Å². The van der Waals surface area contributed by atoms with E-state index in [2.05, 4.69) is 26.1 Å². The second-order valence-corrected chi connectivity index (χ2v) is 6.32. The maximum atomic E-state index is 5.84. The van der Waals surface area contributed by atoms with Crippen molar-refractivity contribution in [2.24, 2.45) is 0 Å². The molecule has 0 saturated carbocycles. The maximum absolute atomic E-state index is 5.84. The van der Waals surface area contributed by atoms with Crippen LogP contribution in [0.15, 0.2) is 0 Å². The van der Waals surface area contributed by atoms with Gasteiger partial charge in [0.25, 0.3) is 0 Å². The van der Waals surface area contributed by atoms with Crippen molar-refractivity contribution < 1.29 is 14.2 Å². The van der Waals surface area contributed by atoms with E-state index < -0.39 is 0 Å². The molecule has 4 atom stereocenters. The highest BCUT2D eigenvalue weighted by Gasteiger charge is 2.49. The van der Waals surface area contributed by atoms with E-state index in [1.807, 2.05) is 13.8 Å². The molecule has 0 aliphatic carbocycles. The summed E-state index contributed by atoms with van der Waals surface area (Å²) >= 11 is 0. The zero-order valence-corrected chi connectivity index (χ0v) is 11.5. The first-order valence-corrected chi connectivity index (χ1v) is 6.53. The van der Waals surface area contributed by atoms with Crippen LogP contribution in [0, 0.1) is 0 Å². The third kappa shape index (κ3) is 3.19. The molecule has 2 fully saturated rings. The molecule has 2 aliphatic heterocycles. The molecule has 1 N–H and O–H groups in total. The quantitative estimate of drug-likeness (QED) is 0.812. The smallest absolute Gasteiger partial charge is 0.114 e. The molecule has 0 aromatic heterocycles. The fourth-order valence-electron chi connectivity index (χ4n) is 2.61. The number of hydrogen-bond acceptors (Lipinski definition) is 4. The number of rotatable bonds is 3. The SMILES string of the molecule is CC(C)O[C@@H]1CO[C@H]2[C@@H]1OC[C@H]2NC(C)(C)C. The van der Waals surface area contributed by atoms with E-state index in [1.165, 1.54) is 0 Å². The lowest BCUT2D eigenvalue weighted by atomic mass is 10.0. The van der Waals surface area contributed by atoms with Crippen LogP contribution in [-0.2, 0) is 14.2 Å². The number of fused-ring (bicyclic) bond motifs is 1. The van der Waals surface area contributed by atoms with Crippen LogP contribution in [-0.4, -0.2) is 49.2 Å². The zero-order chi connectivity index (χ0) is 12.6. The lowest BCUT2D eigenvalue weighted by molar-refractivity contribution is -0.0576. The van der Waals surface area contributed by atoms with E-state index >= 15 is 0 Å². The molecular formula is C13H25NO3. The van der Waals surface area contributed by atoms with E-state index in [0.717, 1.165) is 0 Å². The van der Waals surface area contributed by atoms with Gasteiger partial charge in [-0.2, -0.15) is 0 Å². The van der Waals surface area contributed by atoms with Gasteiger partial charge in [0.1, 0.15) is 18.3 Å². The largest absolute Gasteiger partial charge is 0.371 e. The lowest BCUT2D eigenvalue weighted by Gasteiger charge is -2.27. The van der Waals surface area contributed by atoms with Gasteiger partial charge in [0, 0.05) is 5.54 Å². The van der Waals surface area contributed by atoms with Gasteiger partial charge in [-0.15, -0.1) is 0 Å². The highest BCUT2D eigenvalue weighted by molar-refractivity contribution is 5.00. The van der Waals surface area contributed by atoms with Crippen LogP contribution in [0.1, 0.15) is 34.6 Å². The molecule has 0 bridgehead atoms. The highest BCUT2D eigenvalue weighted by atomic mass is 16.6. The Morgan fingerprint density at radius 1 is 1.12 bits per heavy atom. The molecule has 2 aliphatic rings. The van der Waals surface area contributed by atoms with Gasteiger partial charge in [-0.05, 0) is 34.6 Å². The Morgan fingerprint density at radius 3 is 2.35 bits per heavy atom. The molecule has 0 unspecified atom stereocenters. The van der Waals surface area contributed by atoms with E-state index in [4.69, 9.17) is 14.2 Å². The van der Waals surface area contributed by atoms with Gasteiger partial charge in [-0.3, -0.25) is 0 Å². The van der Waals surface area contributed by atoms with Gasteiger partial charge in [0.15, 0.2) is 0 Å². The summed E-state index contributed by atoms with van der Waals surface area (Å²) in [4.78, 5) is 0. The van der Waals surface area contributed by atoms with Crippen molar-refractivity contribution in [3.05, 3.63) is 0 Å². The van der Waals surface area contributed by atoms with Crippen LogP contribution in [0.25, 0.3) is 0 Å². The molecule has 0 aromatic carbocycles. The summed E-state index contributed by atoms with van der Waals surface area (Å²) in [7, 11) is 0. The number of ether oxygens (including phenoxy) is 3. The molecule has 0 amide bonds. The fourth-order valence-corrected chi connectivity index (χ4v) is 2.61. The maximum Gasteiger partial charge on any atom is 0.114 e. The van der Waals surface area contributed by atoms with Gasteiger partial charge in [0.05, 0.1) is 25.4 Å². The summed E-state index contributed by atoms with van der Waals surface area (Å²) in [5, 5.41) is 3.56. The van der Waals surface area contributed by atoms with Crippen LogP contribution in [0.2, 0.25) is 0 Å². The summed E-state index contributed by atoms with van der Waals surface area (Å²) in [5.74, 6) is 0. The summed E-state index contributed by atoms with van der Waals surface area (Å²) < 4.78 is 17.5. The highest BCUT2D eigenvalue weighted by Crippen LogP contribution is 2.30. The summed E-state index contributed by atoms with van der Waals surface area (Å²) in [5.41, 5.74) is 0.0866. The molecule has 100 valence electrons. The second-order valence-electron chi connectivity index (χ2n) is 6.32. The molecule has 2 saturated heterocycles. The normalized spacial score (nSPS) is 37.8. The van der Waals surface area contributed by atoms with Gasteiger partial charge in [-0.1, -0.05) is 0 Å². The average Bonchev–Trinajstić information content (AvgIpc) is 2.68. The monoisotopic (exact) mass is 243 g/mol. The van der Waals surface area contributed by atoms with Crippen LogP contribution >= 0.6 is 0 Å². The Bertz CT molecular complexity index is 262. The van der Waals surface area contributed by atoms with Crippen molar-refractivity contribution in [1.82, 2.24) is 5.32 Å². The van der Waals surface area contributed by atoms with Crippen molar-refractivity contribution in [3.8, 4) is 0 Å². The first kappa shape index (κ1) is 13.3. The molecular weight excluding hydrogens is 218 g/mol. The predicted molar refractivity (Wildman–Crippen MR) is 66.2 cm³/mol. The number of nitrogens with one attached hydrogen (secondary N) is 1. The molecule has 0 aromatic rings. The van der Waals surface area contributed by atoms with E-state index in [9.17, 15) is 0 Å². The first-order valence-electron chi connectivity index (χ1n) is 6.53. The molecule has 4 nitrogen and oxygen atoms in total. The minimum atomic E-state index is 0.0866. The molecule has 17 heavy (non-hydrogen) atoms. The fraction of sp³-hybridized carbons (Fsp3) is 1.00. The standard InChI is InChI=1S/C13H25NO3/c1-8(2)17-10-7-16-11-9(6-15-12(10)11)14-13(3,4)5/h8-12,14H,6-7H2,1-5H3/t9-,10-,11-,12-/m1/s1. The third-order valence-corrected chi connectivity index (χ3v) is 3.07. The van der Waals surface area contributed by atoms with Gasteiger partial charge >= 0.3 is 0 Å². The Hall–Kier alpha value is -0.160. The van der Waals surface area contributed by atoms with Gasteiger partial charge < -0.3 is 19.5 Å². The minimum absolute atomic E-state index is 0.0866. The van der Waals surface area contributed by atoms with Crippen LogP contribution in [0.3, 0.4) is 0 Å². The second kappa shape index (κ2) is 4.84. The molecule has 0 spiro atoms. The first-order chi connectivity index (χ1) is 7.87. The van der Waals surface area contributed by atoms with Crippen molar-refractivity contribution in [2.45, 2.75) is 70.6 Å². The Kier molecular flexibility index (Phi) is 3.78. The Balaban J connectivity index is 1.92. The van der Waals surface area contributed by atoms with Gasteiger partial charge in [0.2, 0.25) is 0 Å². The van der Waals surface area contributed by atoms with E-state index in [0.29, 0.717) is 13.2 Å². The molecule has 2 heterocycles. The van der Waals surface area contributed by atoms with Crippen molar-refractivity contribution in [2.75, 3.05) is 13.2 Å². The van der Waals surface area contributed by atoms with Crippen LogP contribution in [0.4, 0.5) is 0 Å². The molecule has 2 rings (SSSR count). The minimum Gasteiger partial charge on any atom is -0.371 e. The Labute approximate surface area is 104 Å². The summed E-state index contributed by atoms with van der Waals surface area (Å²) in [6.07, 6.45) is 0.544. The molecule has 4 heteroatoms. The summed E-state index contributed by atoms with van der Waals surface area (Å²) in [6.45, 7) is 12.0. The topological polar surface area (TPSA) is 39.7 Å². The van der Waals surface area contributed by atoms with E-state index in [-0.39, 0.29) is 36.0 Å². The summed E-state index contributed by atoms with van der Waals surface area (Å²) in [6, 6.07) is 0.278. The average molecular weight is 243 g/mol. The van der Waals surface area contributed by atoms with Crippen LogP contribution < -0.4 is 5.32 Å². The predicted octanol–water partition coefficient (Wildman–Crippen LogP) is 1.33.